The van der Waals surface area contributed by atoms with Crippen LogP contribution in [0.25, 0.3) is 11.3 Å². The number of aromatic nitrogens is 2. The number of ether oxygens (including phenoxy) is 1. The maximum atomic E-state index is 12.5. The Morgan fingerprint density at radius 3 is 2.49 bits per heavy atom. The molecule has 1 aromatic carbocycles. The highest BCUT2D eigenvalue weighted by Gasteiger charge is 2.15. The van der Waals surface area contributed by atoms with E-state index < -0.39 is 6.09 Å². The Morgan fingerprint density at radius 1 is 1.03 bits per heavy atom. The highest BCUT2D eigenvalue weighted by Crippen LogP contribution is 2.26. The zero-order valence-electron chi connectivity index (χ0n) is 20.3. The molecule has 0 aliphatic carbocycles. The van der Waals surface area contributed by atoms with Crippen molar-refractivity contribution in [2.45, 2.75) is 26.8 Å². The van der Waals surface area contributed by atoms with E-state index in [4.69, 9.17) is 0 Å². The van der Waals surface area contributed by atoms with E-state index in [0.29, 0.717) is 12.1 Å². The van der Waals surface area contributed by atoms with Crippen molar-refractivity contribution in [1.82, 2.24) is 20.6 Å². The van der Waals surface area contributed by atoms with Gasteiger partial charge in [-0.1, -0.05) is 12.1 Å². The summed E-state index contributed by atoms with van der Waals surface area (Å²) >= 11 is 0. The number of pyridine rings is 2. The van der Waals surface area contributed by atoms with Crippen LogP contribution in [0.5, 0.6) is 0 Å². The lowest BCUT2D eigenvalue weighted by Gasteiger charge is -2.20. The molecule has 0 aliphatic heterocycles. The quantitative estimate of drug-likeness (QED) is 0.516. The van der Waals surface area contributed by atoms with E-state index in [1.807, 2.05) is 44.2 Å². The van der Waals surface area contributed by atoms with Gasteiger partial charge in [0, 0.05) is 55.9 Å². The summed E-state index contributed by atoms with van der Waals surface area (Å²) in [5.41, 5.74) is 5.56. The number of hydrogen-bond donors (Lipinski definition) is 2. The summed E-state index contributed by atoms with van der Waals surface area (Å²) in [6.45, 7) is 4.41. The van der Waals surface area contributed by atoms with Crippen LogP contribution >= 0.6 is 0 Å². The van der Waals surface area contributed by atoms with Crippen LogP contribution in [0, 0.1) is 13.8 Å². The van der Waals surface area contributed by atoms with Crippen LogP contribution in [0.15, 0.2) is 54.9 Å². The minimum atomic E-state index is -0.569. The Hall–Kier alpha value is -4.27. The highest BCUT2D eigenvalue weighted by molar-refractivity contribution is 5.95. The number of benzene rings is 1. The van der Waals surface area contributed by atoms with Gasteiger partial charge in [0.25, 0.3) is 5.91 Å². The zero-order valence-corrected chi connectivity index (χ0v) is 20.3. The maximum Gasteiger partial charge on any atom is 0.406 e. The topological polar surface area (TPSA) is 114 Å². The van der Waals surface area contributed by atoms with Crippen LogP contribution in [-0.4, -0.2) is 48.6 Å². The van der Waals surface area contributed by atoms with Gasteiger partial charge in [-0.2, -0.15) is 0 Å². The molecule has 0 spiro atoms. The number of methoxy groups -OCH3 is 1. The van der Waals surface area contributed by atoms with Crippen molar-refractivity contribution in [2.24, 2.45) is 0 Å². The molecule has 0 unspecified atom stereocenters. The summed E-state index contributed by atoms with van der Waals surface area (Å²) < 4.78 is 4.50. The molecule has 3 amide bonds. The van der Waals surface area contributed by atoms with Gasteiger partial charge in [0.2, 0.25) is 5.91 Å². The smallest absolute Gasteiger partial charge is 0.406 e. The van der Waals surface area contributed by atoms with E-state index in [2.05, 4.69) is 25.3 Å². The van der Waals surface area contributed by atoms with Crippen LogP contribution in [-0.2, 0) is 16.1 Å². The van der Waals surface area contributed by atoms with Gasteiger partial charge in [0.05, 0.1) is 18.4 Å². The highest BCUT2D eigenvalue weighted by atomic mass is 16.5. The van der Waals surface area contributed by atoms with Crippen LogP contribution in [0.1, 0.15) is 33.6 Å². The minimum Gasteiger partial charge on any atom is -0.453 e. The lowest BCUT2D eigenvalue weighted by molar-refractivity contribution is -0.118. The molecular weight excluding hydrogens is 446 g/mol. The van der Waals surface area contributed by atoms with Crippen molar-refractivity contribution >= 4 is 23.6 Å². The largest absolute Gasteiger partial charge is 0.453 e. The fourth-order valence-corrected chi connectivity index (χ4v) is 3.52. The molecule has 2 N–H and O–H groups in total. The van der Waals surface area contributed by atoms with E-state index in [1.54, 1.807) is 36.5 Å². The first-order valence-corrected chi connectivity index (χ1v) is 11.1. The molecule has 0 aliphatic rings. The average molecular weight is 476 g/mol. The molecule has 0 saturated heterocycles. The summed E-state index contributed by atoms with van der Waals surface area (Å²) in [6, 6.07) is 13.0. The van der Waals surface area contributed by atoms with Gasteiger partial charge in [0.15, 0.2) is 0 Å². The molecule has 0 fully saturated rings. The van der Waals surface area contributed by atoms with Crippen molar-refractivity contribution in [2.75, 3.05) is 25.6 Å². The standard InChI is InChI=1S/C26H29N5O4/c1-17-14-19(8-10-23(17)31(3)24(32)11-13-28-26(34)35-4)22-9-7-21(16-29-22)25(33)30-15-20-6-5-12-27-18(20)2/h5-10,12,14,16H,11,13,15H2,1-4H3,(H,28,34)(H,30,33). The number of rotatable bonds is 8. The molecule has 0 atom stereocenters. The van der Waals surface area contributed by atoms with E-state index in [9.17, 15) is 14.4 Å². The average Bonchev–Trinajstić information content (AvgIpc) is 2.87. The van der Waals surface area contributed by atoms with E-state index in [1.165, 1.54) is 7.11 Å². The van der Waals surface area contributed by atoms with Gasteiger partial charge in [-0.25, -0.2) is 4.79 Å². The number of aryl methyl sites for hydroxylation is 2. The van der Waals surface area contributed by atoms with Crippen molar-refractivity contribution in [1.29, 1.82) is 0 Å². The lowest BCUT2D eigenvalue weighted by atomic mass is 10.0. The maximum absolute atomic E-state index is 12.5. The van der Waals surface area contributed by atoms with Gasteiger partial charge in [-0.15, -0.1) is 0 Å². The summed E-state index contributed by atoms with van der Waals surface area (Å²) in [6.07, 6.45) is 2.85. The third-order valence-corrected chi connectivity index (χ3v) is 5.60. The number of carbonyl (C=O) groups is 3. The van der Waals surface area contributed by atoms with Crippen LogP contribution in [0.2, 0.25) is 0 Å². The molecule has 182 valence electrons. The number of anilines is 1. The van der Waals surface area contributed by atoms with Gasteiger partial charge in [-0.3, -0.25) is 19.6 Å². The third-order valence-electron chi connectivity index (χ3n) is 5.60. The van der Waals surface area contributed by atoms with Crippen molar-refractivity contribution in [3.63, 3.8) is 0 Å². The fraction of sp³-hybridized carbons (Fsp3) is 0.269. The van der Waals surface area contributed by atoms with Gasteiger partial charge >= 0.3 is 6.09 Å². The SMILES string of the molecule is COC(=O)NCCC(=O)N(C)c1ccc(-c2ccc(C(=O)NCc3cccnc3C)cn2)cc1C. The Morgan fingerprint density at radius 2 is 1.83 bits per heavy atom. The second-order valence-electron chi connectivity index (χ2n) is 7.99. The van der Waals surface area contributed by atoms with Crippen molar-refractivity contribution in [3.8, 4) is 11.3 Å². The first-order valence-electron chi connectivity index (χ1n) is 11.1. The number of hydrogen-bond acceptors (Lipinski definition) is 6. The molecule has 9 nitrogen and oxygen atoms in total. The Labute approximate surface area is 204 Å². The molecular formula is C26H29N5O4. The molecule has 2 aromatic heterocycles. The third kappa shape index (κ3) is 6.63. The van der Waals surface area contributed by atoms with Crippen molar-refractivity contribution in [3.05, 3.63) is 77.2 Å². The van der Waals surface area contributed by atoms with Crippen LogP contribution in [0.3, 0.4) is 0 Å². The second-order valence-corrected chi connectivity index (χ2v) is 7.99. The number of nitrogens with one attached hydrogen (secondary N) is 2. The fourth-order valence-electron chi connectivity index (χ4n) is 3.52. The molecule has 0 bridgehead atoms. The second kappa shape index (κ2) is 11.7. The molecule has 3 aromatic rings. The van der Waals surface area contributed by atoms with Crippen molar-refractivity contribution < 1.29 is 19.1 Å². The summed E-state index contributed by atoms with van der Waals surface area (Å²) in [5, 5.41) is 5.39. The predicted molar refractivity (Wildman–Crippen MR) is 133 cm³/mol. The molecule has 3 rings (SSSR count). The number of carbonyl (C=O) groups excluding carboxylic acids is 3. The van der Waals surface area contributed by atoms with E-state index >= 15 is 0 Å². The molecule has 0 radical (unpaired) electrons. The molecule has 35 heavy (non-hydrogen) atoms. The summed E-state index contributed by atoms with van der Waals surface area (Å²) in [4.78, 5) is 46.3. The Kier molecular flexibility index (Phi) is 8.50. The first kappa shape index (κ1) is 25.4. The van der Waals surface area contributed by atoms with E-state index in [0.717, 1.165) is 33.8 Å². The van der Waals surface area contributed by atoms with E-state index in [-0.39, 0.29) is 24.8 Å². The van der Waals surface area contributed by atoms with Gasteiger partial charge in [0.1, 0.15) is 0 Å². The summed E-state index contributed by atoms with van der Waals surface area (Å²) in [7, 11) is 2.97. The number of amides is 3. The molecule has 2 heterocycles. The van der Waals surface area contributed by atoms with Crippen LogP contribution < -0.4 is 15.5 Å². The van der Waals surface area contributed by atoms with Crippen LogP contribution in [0.4, 0.5) is 10.5 Å². The number of alkyl carbamates (subject to hydrolysis) is 1. The Bertz CT molecular complexity index is 1210. The lowest BCUT2D eigenvalue weighted by Crippen LogP contribution is -2.32. The predicted octanol–water partition coefficient (Wildman–Crippen LogP) is 3.40. The van der Waals surface area contributed by atoms with Gasteiger partial charge in [-0.05, 0) is 55.3 Å². The number of nitrogens with zero attached hydrogens (tertiary/aromatic N) is 3. The first-order chi connectivity index (χ1) is 16.8. The molecule has 9 heteroatoms. The molecule has 0 saturated carbocycles. The summed E-state index contributed by atoms with van der Waals surface area (Å²) in [5.74, 6) is -0.340. The zero-order chi connectivity index (χ0) is 25.4. The minimum absolute atomic E-state index is 0.132. The monoisotopic (exact) mass is 475 g/mol. The Balaban J connectivity index is 1.62. The van der Waals surface area contributed by atoms with Gasteiger partial charge < -0.3 is 20.3 Å². The normalized spacial score (nSPS) is 10.4.